The Morgan fingerprint density at radius 1 is 0.939 bits per heavy atom. The molecule has 0 aromatic heterocycles. The number of carbonyl (C=O) groups excluding carboxylic acids is 4. The molecule has 0 aliphatic rings. The van der Waals surface area contributed by atoms with Crippen molar-refractivity contribution in [1.29, 1.82) is 0 Å². The van der Waals surface area contributed by atoms with Crippen LogP contribution < -0.4 is 20.7 Å². The fraction of sp³-hybridized carbons (Fsp3) is 0.333. The molecule has 0 spiro atoms. The van der Waals surface area contributed by atoms with Gasteiger partial charge in [-0.1, -0.05) is 44.2 Å². The summed E-state index contributed by atoms with van der Waals surface area (Å²) in [6.45, 7) is 4.36. The number of hydrogen-bond donors (Lipinski definition) is 3. The van der Waals surface area contributed by atoms with Crippen LogP contribution in [0, 0.1) is 5.92 Å². The molecule has 3 N–H and O–H groups in total. The summed E-state index contributed by atoms with van der Waals surface area (Å²) in [7, 11) is 1.44. The van der Waals surface area contributed by atoms with Gasteiger partial charge in [-0.3, -0.25) is 14.4 Å². The molecule has 0 saturated heterocycles. The minimum atomic E-state index is -0.897. The SMILES string of the molecule is COc1ccc(NC(C)=O)cc1NC(=O)COC(=O)[C@@H](NC(=O)Cc1ccccc1)C(C)C. The highest BCUT2D eigenvalue weighted by Crippen LogP contribution is 2.27. The normalized spacial score (nSPS) is 11.3. The Morgan fingerprint density at radius 3 is 2.24 bits per heavy atom. The summed E-state index contributed by atoms with van der Waals surface area (Å²) in [4.78, 5) is 48.5. The highest BCUT2D eigenvalue weighted by Gasteiger charge is 2.26. The molecule has 0 saturated carbocycles. The highest BCUT2D eigenvalue weighted by atomic mass is 16.5. The Bertz CT molecular complexity index is 991. The maximum absolute atomic E-state index is 12.5. The van der Waals surface area contributed by atoms with E-state index < -0.39 is 24.5 Å². The lowest BCUT2D eigenvalue weighted by Gasteiger charge is -2.21. The van der Waals surface area contributed by atoms with Crippen molar-refractivity contribution in [3.05, 3.63) is 54.1 Å². The van der Waals surface area contributed by atoms with Gasteiger partial charge in [-0.2, -0.15) is 0 Å². The van der Waals surface area contributed by atoms with Gasteiger partial charge in [0, 0.05) is 12.6 Å². The maximum Gasteiger partial charge on any atom is 0.329 e. The summed E-state index contributed by atoms with van der Waals surface area (Å²) < 4.78 is 10.4. The zero-order valence-electron chi connectivity index (χ0n) is 19.1. The van der Waals surface area contributed by atoms with Crippen LogP contribution in [0.2, 0.25) is 0 Å². The zero-order chi connectivity index (χ0) is 24.4. The van der Waals surface area contributed by atoms with E-state index in [-0.39, 0.29) is 24.2 Å². The minimum Gasteiger partial charge on any atom is -0.495 e. The number of anilines is 2. The number of carbonyl (C=O) groups is 4. The Morgan fingerprint density at radius 2 is 1.64 bits per heavy atom. The summed E-state index contributed by atoms with van der Waals surface area (Å²) in [6.07, 6.45) is 0.127. The molecule has 176 valence electrons. The molecule has 0 heterocycles. The Hall–Kier alpha value is -3.88. The van der Waals surface area contributed by atoms with Crippen molar-refractivity contribution in [2.75, 3.05) is 24.4 Å². The predicted octanol–water partition coefficient (Wildman–Crippen LogP) is 2.52. The topological polar surface area (TPSA) is 123 Å². The molecule has 9 heteroatoms. The number of methoxy groups -OCH3 is 1. The monoisotopic (exact) mass is 455 g/mol. The minimum absolute atomic E-state index is 0.127. The van der Waals surface area contributed by atoms with E-state index in [1.165, 1.54) is 20.1 Å². The van der Waals surface area contributed by atoms with E-state index in [0.717, 1.165) is 5.56 Å². The molecule has 0 unspecified atom stereocenters. The Kier molecular flexibility index (Phi) is 9.41. The van der Waals surface area contributed by atoms with Crippen LogP contribution in [0.25, 0.3) is 0 Å². The first kappa shape index (κ1) is 25.4. The summed E-state index contributed by atoms with van der Waals surface area (Å²) in [6, 6.07) is 13.0. The summed E-state index contributed by atoms with van der Waals surface area (Å²) in [5.74, 6) is -1.76. The standard InChI is InChI=1S/C24H29N3O6/c1-15(2)23(27-21(29)12-17-8-6-5-7-9-17)24(31)33-14-22(30)26-19-13-18(25-16(3)28)10-11-20(19)32-4/h5-11,13,15,23H,12,14H2,1-4H3,(H,25,28)(H,26,30)(H,27,29)/t23-/m0/s1. The van der Waals surface area contributed by atoms with Gasteiger partial charge < -0.3 is 25.4 Å². The van der Waals surface area contributed by atoms with E-state index in [4.69, 9.17) is 9.47 Å². The van der Waals surface area contributed by atoms with Crippen LogP contribution in [0.1, 0.15) is 26.3 Å². The summed E-state index contributed by atoms with van der Waals surface area (Å²) in [5.41, 5.74) is 1.60. The molecule has 2 aromatic rings. The number of hydrogen-bond acceptors (Lipinski definition) is 6. The predicted molar refractivity (Wildman–Crippen MR) is 124 cm³/mol. The van der Waals surface area contributed by atoms with Crippen LogP contribution in [0.5, 0.6) is 5.75 Å². The lowest BCUT2D eigenvalue weighted by atomic mass is 10.0. The van der Waals surface area contributed by atoms with Gasteiger partial charge >= 0.3 is 5.97 Å². The molecule has 3 amide bonds. The van der Waals surface area contributed by atoms with Crippen molar-refractivity contribution in [2.24, 2.45) is 5.92 Å². The maximum atomic E-state index is 12.5. The number of amides is 3. The second kappa shape index (κ2) is 12.2. The first-order chi connectivity index (χ1) is 15.7. The van der Waals surface area contributed by atoms with Gasteiger partial charge in [0.1, 0.15) is 11.8 Å². The lowest BCUT2D eigenvalue weighted by Crippen LogP contribution is -2.46. The third kappa shape index (κ3) is 8.29. The zero-order valence-corrected chi connectivity index (χ0v) is 19.1. The van der Waals surface area contributed by atoms with Gasteiger partial charge in [0.15, 0.2) is 6.61 Å². The van der Waals surface area contributed by atoms with E-state index >= 15 is 0 Å². The first-order valence-electron chi connectivity index (χ1n) is 10.4. The van der Waals surface area contributed by atoms with Crippen LogP contribution in [-0.2, 0) is 30.3 Å². The van der Waals surface area contributed by atoms with Gasteiger partial charge in [0.25, 0.3) is 5.91 Å². The highest BCUT2D eigenvalue weighted by molar-refractivity contribution is 5.96. The number of nitrogens with one attached hydrogen (secondary N) is 3. The molecule has 2 aromatic carbocycles. The lowest BCUT2D eigenvalue weighted by molar-refractivity contribution is -0.151. The van der Waals surface area contributed by atoms with Crippen LogP contribution in [0.4, 0.5) is 11.4 Å². The van der Waals surface area contributed by atoms with Crippen molar-refractivity contribution >= 4 is 35.1 Å². The molecular weight excluding hydrogens is 426 g/mol. The molecular formula is C24H29N3O6. The fourth-order valence-electron chi connectivity index (χ4n) is 3.00. The Balaban J connectivity index is 1.95. The molecule has 9 nitrogen and oxygen atoms in total. The molecule has 33 heavy (non-hydrogen) atoms. The van der Waals surface area contributed by atoms with E-state index in [9.17, 15) is 19.2 Å². The van der Waals surface area contributed by atoms with Crippen LogP contribution in [0.3, 0.4) is 0 Å². The number of esters is 1. The second-order valence-corrected chi connectivity index (χ2v) is 7.70. The van der Waals surface area contributed by atoms with Crippen LogP contribution in [-0.4, -0.2) is 43.4 Å². The molecule has 0 aliphatic heterocycles. The molecule has 0 bridgehead atoms. The van der Waals surface area contributed by atoms with Crippen LogP contribution in [0.15, 0.2) is 48.5 Å². The molecule has 0 fully saturated rings. The molecule has 1 atom stereocenters. The fourth-order valence-corrected chi connectivity index (χ4v) is 3.00. The van der Waals surface area contributed by atoms with Gasteiger partial charge in [0.2, 0.25) is 11.8 Å². The molecule has 2 rings (SSSR count). The van der Waals surface area contributed by atoms with Crippen molar-refractivity contribution in [3.8, 4) is 5.75 Å². The summed E-state index contributed by atoms with van der Waals surface area (Å²) in [5, 5.41) is 7.88. The van der Waals surface area contributed by atoms with Gasteiger partial charge in [-0.05, 0) is 29.7 Å². The van der Waals surface area contributed by atoms with Crippen molar-refractivity contribution in [1.82, 2.24) is 5.32 Å². The quantitative estimate of drug-likeness (QED) is 0.473. The van der Waals surface area contributed by atoms with E-state index in [2.05, 4.69) is 16.0 Å². The first-order valence-corrected chi connectivity index (χ1v) is 10.4. The summed E-state index contributed by atoms with van der Waals surface area (Å²) >= 11 is 0. The van der Waals surface area contributed by atoms with Crippen molar-refractivity contribution in [3.63, 3.8) is 0 Å². The van der Waals surface area contributed by atoms with E-state index in [0.29, 0.717) is 17.1 Å². The number of rotatable bonds is 10. The van der Waals surface area contributed by atoms with Crippen molar-refractivity contribution in [2.45, 2.75) is 33.2 Å². The van der Waals surface area contributed by atoms with E-state index in [1.54, 1.807) is 26.0 Å². The average Bonchev–Trinajstić information content (AvgIpc) is 2.76. The molecule has 0 aliphatic carbocycles. The average molecular weight is 456 g/mol. The number of ether oxygens (including phenoxy) is 2. The second-order valence-electron chi connectivity index (χ2n) is 7.70. The largest absolute Gasteiger partial charge is 0.495 e. The van der Waals surface area contributed by atoms with Crippen LogP contribution >= 0.6 is 0 Å². The number of benzene rings is 2. The van der Waals surface area contributed by atoms with Crippen molar-refractivity contribution < 1.29 is 28.7 Å². The van der Waals surface area contributed by atoms with E-state index in [1.807, 2.05) is 30.3 Å². The van der Waals surface area contributed by atoms with Gasteiger partial charge in [-0.15, -0.1) is 0 Å². The van der Waals surface area contributed by atoms with Gasteiger partial charge in [-0.25, -0.2) is 4.79 Å². The third-order valence-electron chi connectivity index (χ3n) is 4.58. The smallest absolute Gasteiger partial charge is 0.329 e. The third-order valence-corrected chi connectivity index (χ3v) is 4.58. The molecule has 0 radical (unpaired) electrons. The van der Waals surface area contributed by atoms with Gasteiger partial charge in [0.05, 0.1) is 19.2 Å². The Labute approximate surface area is 192 Å².